The molecule has 2 aliphatic heterocycles. The van der Waals surface area contributed by atoms with Crippen molar-refractivity contribution in [1.82, 2.24) is 39.3 Å². The summed E-state index contributed by atoms with van der Waals surface area (Å²) in [4.78, 5) is 32.7. The second kappa shape index (κ2) is 26.7. The van der Waals surface area contributed by atoms with Crippen molar-refractivity contribution < 1.29 is 39.5 Å². The molecule has 18 heteroatoms. The van der Waals surface area contributed by atoms with Crippen molar-refractivity contribution in [3.05, 3.63) is 71.3 Å². The highest BCUT2D eigenvalue weighted by Crippen LogP contribution is 2.19. The summed E-state index contributed by atoms with van der Waals surface area (Å²) in [6.07, 6.45) is 9.11. The maximum atomic E-state index is 9.64. The molecule has 0 bridgehead atoms. The Morgan fingerprint density at radius 1 is 0.633 bits per heavy atom. The molecular formula is C42H64N10O8. The van der Waals surface area contributed by atoms with Crippen LogP contribution in [0.5, 0.6) is 11.5 Å². The molecule has 2 saturated heterocycles. The Morgan fingerprint density at radius 3 is 1.38 bits per heavy atom. The number of nitrogens with one attached hydrogen (secondary N) is 2. The largest absolute Gasteiger partial charge is 0.494 e. The Kier molecular flexibility index (Phi) is 21.1. The molecule has 2 aromatic heterocycles. The van der Waals surface area contributed by atoms with E-state index in [0.717, 1.165) is 50.5 Å². The monoisotopic (exact) mass is 836 g/mol. The van der Waals surface area contributed by atoms with Crippen LogP contribution in [0.15, 0.2) is 48.5 Å². The van der Waals surface area contributed by atoms with E-state index in [1.165, 1.54) is 75.8 Å². The van der Waals surface area contributed by atoms with E-state index in [-0.39, 0.29) is 26.1 Å². The zero-order valence-electron chi connectivity index (χ0n) is 35.2. The molecule has 330 valence electrons. The van der Waals surface area contributed by atoms with Crippen molar-refractivity contribution in [2.45, 2.75) is 90.5 Å². The van der Waals surface area contributed by atoms with Crippen LogP contribution in [0.4, 0.5) is 11.9 Å². The van der Waals surface area contributed by atoms with Crippen LogP contribution in [0.25, 0.3) is 0 Å². The summed E-state index contributed by atoms with van der Waals surface area (Å²) in [6.45, 7) is 9.32. The topological polar surface area (TPSA) is 225 Å². The molecule has 0 radical (unpaired) electrons. The fraction of sp³-hybridized carbons (Fsp3) is 0.571. The fourth-order valence-electron chi connectivity index (χ4n) is 6.67. The number of aliphatic hydroxyl groups is 2. The summed E-state index contributed by atoms with van der Waals surface area (Å²) < 4.78 is 15.0. The highest BCUT2D eigenvalue weighted by molar-refractivity contribution is 5.75. The standard InChI is InChI=1S/2C19H29N5O2.C4H6O4/c2*1-23-19(21-18(15-25)22-23)20-9-6-12-26-17-8-5-7-16(13-17)14-24-10-3-2-4-11-24;5-3(6)1-2-4(7)8/h2*5,7-8,13,25H,2-4,6,9-12,14-15H2,1H3,(H,20,21,22);1-2H2,(H,5,6)(H,7,8). The van der Waals surface area contributed by atoms with Gasteiger partial charge in [-0.25, -0.2) is 9.36 Å². The summed E-state index contributed by atoms with van der Waals surface area (Å²) in [6, 6.07) is 16.8. The number of rotatable bonds is 21. The quantitative estimate of drug-likeness (QED) is 0.0644. The van der Waals surface area contributed by atoms with Crippen molar-refractivity contribution in [1.29, 1.82) is 0 Å². The number of carboxylic acid groups (broad SMARTS) is 2. The van der Waals surface area contributed by atoms with Crippen molar-refractivity contribution in [2.75, 3.05) is 63.1 Å². The van der Waals surface area contributed by atoms with Gasteiger partial charge in [-0.15, -0.1) is 0 Å². The predicted octanol–water partition coefficient (Wildman–Crippen LogP) is 4.28. The number of likely N-dealkylation sites (tertiary alicyclic amines) is 2. The molecule has 0 unspecified atom stereocenters. The Bertz CT molecular complexity index is 1710. The van der Waals surface area contributed by atoms with Crippen molar-refractivity contribution in [3.63, 3.8) is 0 Å². The van der Waals surface area contributed by atoms with Crippen LogP contribution in [0, 0.1) is 0 Å². The molecule has 60 heavy (non-hydrogen) atoms. The molecular weight excluding hydrogens is 773 g/mol. The molecule has 6 rings (SSSR count). The average Bonchev–Trinajstić information content (AvgIpc) is 3.81. The number of carbonyl (C=O) groups is 2. The Balaban J connectivity index is 0.000000224. The van der Waals surface area contributed by atoms with Gasteiger partial charge in [-0.05, 0) is 100 Å². The smallest absolute Gasteiger partial charge is 0.303 e. The van der Waals surface area contributed by atoms with E-state index in [2.05, 4.69) is 77.0 Å². The molecule has 0 aliphatic carbocycles. The molecule has 0 saturated carbocycles. The van der Waals surface area contributed by atoms with E-state index < -0.39 is 11.9 Å². The highest BCUT2D eigenvalue weighted by Gasteiger charge is 2.13. The van der Waals surface area contributed by atoms with Gasteiger partial charge in [0.1, 0.15) is 24.7 Å². The van der Waals surface area contributed by atoms with Gasteiger partial charge in [0, 0.05) is 40.3 Å². The van der Waals surface area contributed by atoms with Crippen molar-refractivity contribution in [3.8, 4) is 11.5 Å². The third-order valence-corrected chi connectivity index (χ3v) is 9.70. The van der Waals surface area contributed by atoms with Gasteiger partial charge < -0.3 is 40.5 Å². The number of piperidine rings is 2. The Labute approximate surface area is 352 Å². The van der Waals surface area contributed by atoms with Crippen LogP contribution in [0.2, 0.25) is 0 Å². The number of ether oxygens (including phenoxy) is 2. The highest BCUT2D eigenvalue weighted by atomic mass is 16.5. The van der Waals surface area contributed by atoms with Crippen molar-refractivity contribution >= 4 is 23.8 Å². The zero-order valence-corrected chi connectivity index (χ0v) is 35.2. The van der Waals surface area contributed by atoms with Crippen LogP contribution in [-0.2, 0) is 50.0 Å². The molecule has 0 atom stereocenters. The number of carboxylic acids is 2. The summed E-state index contributed by atoms with van der Waals surface area (Å²) in [5.41, 5.74) is 2.64. The first-order valence-electron chi connectivity index (χ1n) is 20.9. The molecule has 2 aromatic carbocycles. The van der Waals surface area contributed by atoms with Crippen LogP contribution in [0.3, 0.4) is 0 Å². The fourth-order valence-corrected chi connectivity index (χ4v) is 6.67. The van der Waals surface area contributed by atoms with E-state index in [0.29, 0.717) is 36.8 Å². The number of hydrogen-bond donors (Lipinski definition) is 6. The van der Waals surface area contributed by atoms with Crippen LogP contribution >= 0.6 is 0 Å². The maximum absolute atomic E-state index is 9.64. The lowest BCUT2D eigenvalue weighted by Crippen LogP contribution is -2.29. The molecule has 18 nitrogen and oxygen atoms in total. The molecule has 4 aromatic rings. The number of aromatic nitrogens is 6. The third kappa shape index (κ3) is 18.3. The molecule has 0 spiro atoms. The number of aryl methyl sites for hydroxylation is 2. The minimum atomic E-state index is -1.08. The zero-order chi connectivity index (χ0) is 43.0. The minimum Gasteiger partial charge on any atom is -0.494 e. The first kappa shape index (κ1) is 47.4. The van der Waals surface area contributed by atoms with Crippen molar-refractivity contribution in [2.24, 2.45) is 14.1 Å². The maximum Gasteiger partial charge on any atom is 0.303 e. The number of anilines is 2. The third-order valence-electron chi connectivity index (χ3n) is 9.70. The van der Waals surface area contributed by atoms with Gasteiger partial charge in [0.2, 0.25) is 11.9 Å². The van der Waals surface area contributed by atoms with Gasteiger partial charge in [0.05, 0.1) is 26.1 Å². The summed E-state index contributed by atoms with van der Waals surface area (Å²) in [5, 5.41) is 48.5. The lowest BCUT2D eigenvalue weighted by molar-refractivity contribution is -0.143. The molecule has 6 N–H and O–H groups in total. The lowest BCUT2D eigenvalue weighted by atomic mass is 10.1. The lowest BCUT2D eigenvalue weighted by Gasteiger charge is -2.26. The summed E-state index contributed by atoms with van der Waals surface area (Å²) in [5.74, 6) is 1.89. The normalized spacial score (nSPS) is 14.3. The Morgan fingerprint density at radius 2 is 1.03 bits per heavy atom. The van der Waals surface area contributed by atoms with Gasteiger partial charge in [-0.3, -0.25) is 19.4 Å². The summed E-state index contributed by atoms with van der Waals surface area (Å²) in [7, 11) is 3.61. The van der Waals surface area contributed by atoms with Gasteiger partial charge in [-0.2, -0.15) is 20.2 Å². The average molecular weight is 837 g/mol. The summed E-state index contributed by atoms with van der Waals surface area (Å²) >= 11 is 0. The number of aliphatic carboxylic acids is 2. The van der Waals surface area contributed by atoms with Gasteiger partial charge in [-0.1, -0.05) is 37.1 Å². The molecule has 0 amide bonds. The molecule has 2 fully saturated rings. The van der Waals surface area contributed by atoms with Gasteiger partial charge in [0.25, 0.3) is 0 Å². The van der Waals surface area contributed by atoms with E-state index in [1.54, 1.807) is 23.5 Å². The Hall–Kier alpha value is -5.30. The minimum absolute atomic E-state index is 0.146. The van der Waals surface area contributed by atoms with Crippen LogP contribution in [-0.4, -0.2) is 124 Å². The number of hydrogen-bond acceptors (Lipinski definition) is 14. The van der Waals surface area contributed by atoms with Crippen LogP contribution in [0.1, 0.15) is 87.0 Å². The first-order chi connectivity index (χ1) is 29.1. The van der Waals surface area contributed by atoms with E-state index in [4.69, 9.17) is 29.9 Å². The van der Waals surface area contributed by atoms with E-state index in [9.17, 15) is 9.59 Å². The number of benzene rings is 2. The molecule has 2 aliphatic rings. The number of aliphatic hydroxyl groups excluding tert-OH is 2. The van der Waals surface area contributed by atoms with E-state index >= 15 is 0 Å². The van der Waals surface area contributed by atoms with E-state index in [1.807, 2.05) is 12.1 Å². The SMILES string of the molecule is Cn1nc(CO)nc1NCCCOc1cccc(CN2CCCCC2)c1.Cn1nc(CO)nc1NCCCOc1cccc(CN2CCCCC2)c1.O=C(O)CCC(=O)O. The van der Waals surface area contributed by atoms with Crippen LogP contribution < -0.4 is 20.1 Å². The second-order valence-corrected chi connectivity index (χ2v) is 14.8. The predicted molar refractivity (Wildman–Crippen MR) is 227 cm³/mol. The number of nitrogens with zero attached hydrogens (tertiary/aromatic N) is 8. The second-order valence-electron chi connectivity index (χ2n) is 14.8. The van der Waals surface area contributed by atoms with Gasteiger partial charge >= 0.3 is 11.9 Å². The van der Waals surface area contributed by atoms with Gasteiger partial charge in [0.15, 0.2) is 11.6 Å². The molecule has 4 heterocycles. The first-order valence-corrected chi connectivity index (χ1v) is 20.9.